The Labute approximate surface area is 390 Å². The molecule has 2 saturated heterocycles. The molecule has 4 aromatic rings. The molecule has 0 saturated carbocycles. The molecule has 6 atom stereocenters. The van der Waals surface area contributed by atoms with Crippen LogP contribution in [0.25, 0.3) is 0 Å². The number of halogens is 1. The Morgan fingerprint density at radius 3 is 1.15 bits per heavy atom. The number of imide groups is 2. The molecule has 2 aliphatic heterocycles. The smallest absolute Gasteiger partial charge is 0.338 e. The third kappa shape index (κ3) is 13.0. The Morgan fingerprint density at radius 1 is 0.545 bits per heavy atom. The summed E-state index contributed by atoms with van der Waals surface area (Å²) >= 11 is 4.87. The van der Waals surface area contributed by atoms with Crippen LogP contribution in [0.5, 0.6) is 23.0 Å². The zero-order chi connectivity index (χ0) is 49.2. The molecule has 0 aromatic heterocycles. The summed E-state index contributed by atoms with van der Waals surface area (Å²) in [6, 6.07) is 26.3. The predicted octanol–water partition coefficient (Wildman–Crippen LogP) is 9.71. The van der Waals surface area contributed by atoms with Gasteiger partial charge in [-0.05, 0) is 141 Å². The summed E-state index contributed by atoms with van der Waals surface area (Å²) in [6.07, 6.45) is 1.05. The molecule has 0 radical (unpaired) electrons. The molecule has 2 N–H and O–H groups in total. The molecule has 4 amide bonds. The molecule has 2 aliphatic rings. The van der Waals surface area contributed by atoms with E-state index < -0.39 is 29.0 Å². The fraction of sp³-hybridized carbons (Fsp3) is 0.288. The fourth-order valence-corrected chi connectivity index (χ4v) is 7.20. The normalized spacial score (nSPS) is 18.5. The fourth-order valence-electron chi connectivity index (χ4n) is 7.20. The number of carbonyl (C=O) groups excluding carboxylic acids is 7. The first kappa shape index (κ1) is 51.5. The second-order valence-corrected chi connectivity index (χ2v) is 17.0. The van der Waals surface area contributed by atoms with Crippen LogP contribution in [0.3, 0.4) is 0 Å². The molecule has 14 heteroatoms. The maximum atomic E-state index is 13.2. The van der Waals surface area contributed by atoms with Crippen LogP contribution >= 0.6 is 11.6 Å². The van der Waals surface area contributed by atoms with E-state index in [2.05, 4.69) is 19.7 Å². The first-order valence-electron chi connectivity index (χ1n) is 21.2. The molecule has 6 rings (SSSR count). The van der Waals surface area contributed by atoms with Crippen molar-refractivity contribution in [2.24, 2.45) is 23.7 Å². The average molecular weight is 919 g/mol. The minimum atomic E-state index is -0.546. The van der Waals surface area contributed by atoms with Crippen molar-refractivity contribution in [3.63, 3.8) is 0 Å². The maximum absolute atomic E-state index is 13.2. The van der Waals surface area contributed by atoms with Gasteiger partial charge in [0, 0.05) is 28.6 Å². The molecule has 0 bridgehead atoms. The summed E-state index contributed by atoms with van der Waals surface area (Å²) in [5, 5.41) is 18.3. The highest BCUT2D eigenvalue weighted by molar-refractivity contribution is 6.67. The van der Waals surface area contributed by atoms with Crippen LogP contribution in [0.2, 0.25) is 0 Å². The Morgan fingerprint density at radius 2 is 0.833 bits per heavy atom. The lowest BCUT2D eigenvalue weighted by Crippen LogP contribution is -2.31. The lowest BCUT2D eigenvalue weighted by Gasteiger charge is -2.19. The van der Waals surface area contributed by atoms with Gasteiger partial charge in [-0.25, -0.2) is 9.59 Å². The largest absolute Gasteiger partial charge is 0.508 e. The molecule has 13 nitrogen and oxygen atoms in total. The number of allylic oxidation sites excluding steroid dienone is 1. The second kappa shape index (κ2) is 22.7. The van der Waals surface area contributed by atoms with E-state index in [0.717, 1.165) is 11.1 Å². The first-order valence-corrected chi connectivity index (χ1v) is 21.5. The van der Waals surface area contributed by atoms with Crippen LogP contribution in [0.1, 0.15) is 84.3 Å². The minimum absolute atomic E-state index is 0.00558. The minimum Gasteiger partial charge on any atom is -0.508 e. The van der Waals surface area contributed by atoms with E-state index in [-0.39, 0.29) is 64.4 Å². The van der Waals surface area contributed by atoms with Crippen molar-refractivity contribution in [2.75, 3.05) is 9.80 Å². The third-order valence-corrected chi connectivity index (χ3v) is 11.6. The number of benzene rings is 4. The summed E-state index contributed by atoms with van der Waals surface area (Å²) < 4.78 is 10.4. The van der Waals surface area contributed by atoms with E-state index in [9.17, 15) is 43.8 Å². The molecule has 0 aliphatic carbocycles. The van der Waals surface area contributed by atoms with Gasteiger partial charge in [-0.15, -0.1) is 0 Å². The maximum Gasteiger partial charge on any atom is 0.338 e. The standard InChI is InChI=1S/C28H29NO6.C20H21NO4.C4H5ClO/c1-16(2)27(32)34-22-11-7-20(8-12-22)18(5)15-24-19(6)25(30)29(26(24)31)21-9-13-23(14-10-21)35-28(33)17(3)4;1-12(14-3-7-16(22)8-4-14)11-18-13(2)19(24)21(20(18)25)15-5-9-17(23)10-6-15;1-3(2)4(5)6/h7-14,18-19,24H,1,3,15H2,2,4-6H3;3-10,12-13,18,22-23H,11H2,1-2H3;1H2,2H3. The van der Waals surface area contributed by atoms with E-state index in [1.54, 1.807) is 95.3 Å². The number of carbonyl (C=O) groups is 7. The van der Waals surface area contributed by atoms with Crippen LogP contribution < -0.4 is 19.3 Å². The predicted molar refractivity (Wildman–Crippen MR) is 252 cm³/mol. The van der Waals surface area contributed by atoms with Gasteiger partial charge >= 0.3 is 11.9 Å². The number of esters is 2. The molecule has 0 spiro atoms. The number of nitrogens with zero attached hydrogens (tertiary/aromatic N) is 2. The van der Waals surface area contributed by atoms with E-state index in [1.165, 1.54) is 21.9 Å². The van der Waals surface area contributed by atoms with Crippen LogP contribution in [0.15, 0.2) is 134 Å². The number of hydrogen-bond acceptors (Lipinski definition) is 11. The summed E-state index contributed by atoms with van der Waals surface area (Å²) in [4.78, 5) is 87.2. The third-order valence-electron chi connectivity index (χ3n) is 11.3. The highest BCUT2D eigenvalue weighted by atomic mass is 35.5. The molecule has 4 aromatic carbocycles. The van der Waals surface area contributed by atoms with Crippen molar-refractivity contribution in [3.8, 4) is 23.0 Å². The number of phenolic OH excluding ortho intramolecular Hbond substituents is 2. The van der Waals surface area contributed by atoms with Crippen LogP contribution in [-0.4, -0.2) is 51.0 Å². The number of rotatable bonds is 13. The number of amides is 4. The Bertz CT molecular complexity index is 2480. The molecule has 6 unspecified atom stereocenters. The van der Waals surface area contributed by atoms with E-state index >= 15 is 0 Å². The molecule has 2 fully saturated rings. The molecular formula is C52H55ClN2O11. The van der Waals surface area contributed by atoms with Crippen molar-refractivity contribution in [3.05, 3.63) is 145 Å². The van der Waals surface area contributed by atoms with Gasteiger partial charge in [-0.1, -0.05) is 71.7 Å². The van der Waals surface area contributed by atoms with Crippen molar-refractivity contribution < 1.29 is 53.2 Å². The van der Waals surface area contributed by atoms with Gasteiger partial charge in [0.1, 0.15) is 23.0 Å². The van der Waals surface area contributed by atoms with Gasteiger partial charge in [0.15, 0.2) is 0 Å². The van der Waals surface area contributed by atoms with Gasteiger partial charge in [-0.3, -0.25) is 33.8 Å². The zero-order valence-electron chi connectivity index (χ0n) is 38.1. The van der Waals surface area contributed by atoms with E-state index in [1.807, 2.05) is 38.1 Å². The van der Waals surface area contributed by atoms with Gasteiger partial charge in [0.25, 0.3) is 0 Å². The van der Waals surface area contributed by atoms with E-state index in [0.29, 0.717) is 46.9 Å². The summed E-state index contributed by atoms with van der Waals surface area (Å²) in [7, 11) is 0. The number of ether oxygens (including phenoxy) is 2. The summed E-state index contributed by atoms with van der Waals surface area (Å²) in [5.41, 5.74) is 3.88. The topological polar surface area (TPSA) is 185 Å². The first-order chi connectivity index (χ1) is 31.0. The zero-order valence-corrected chi connectivity index (χ0v) is 38.8. The summed E-state index contributed by atoms with van der Waals surface area (Å²) in [6.45, 7) is 22.6. The highest BCUT2D eigenvalue weighted by Gasteiger charge is 2.47. The Balaban J connectivity index is 0.000000267. The second-order valence-electron chi connectivity index (χ2n) is 16.7. The lowest BCUT2D eigenvalue weighted by atomic mass is 9.85. The van der Waals surface area contributed by atoms with E-state index in [4.69, 9.17) is 21.1 Å². The van der Waals surface area contributed by atoms with Crippen LogP contribution in [-0.2, 0) is 33.6 Å². The molecule has 2 heterocycles. The lowest BCUT2D eigenvalue weighted by molar-refractivity contribution is -0.130. The van der Waals surface area contributed by atoms with Crippen molar-refractivity contribution in [1.29, 1.82) is 0 Å². The van der Waals surface area contributed by atoms with Crippen molar-refractivity contribution >= 4 is 63.8 Å². The summed E-state index contributed by atoms with van der Waals surface area (Å²) in [5.74, 6) is -2.59. The Kier molecular flexibility index (Phi) is 17.7. The van der Waals surface area contributed by atoms with Gasteiger partial charge in [0.2, 0.25) is 28.9 Å². The van der Waals surface area contributed by atoms with Crippen molar-refractivity contribution in [2.45, 2.75) is 73.1 Å². The van der Waals surface area contributed by atoms with Crippen LogP contribution in [0.4, 0.5) is 11.4 Å². The van der Waals surface area contributed by atoms with Crippen LogP contribution in [0, 0.1) is 23.7 Å². The average Bonchev–Trinajstić information content (AvgIpc) is 3.61. The number of anilines is 2. The van der Waals surface area contributed by atoms with Gasteiger partial charge < -0.3 is 19.7 Å². The molecule has 66 heavy (non-hydrogen) atoms. The van der Waals surface area contributed by atoms with Crippen molar-refractivity contribution in [1.82, 2.24) is 0 Å². The SMILES string of the molecule is C=C(C)C(=O)Cl.C=C(C)C(=O)Oc1ccc(C(C)CC2C(=O)N(c3ccc(OC(=O)C(=C)C)cc3)C(=O)C2C)cc1.CC(CC1C(=O)N(c2ccc(O)cc2)C(=O)C1C)c1ccc(O)cc1. The quantitative estimate of drug-likeness (QED) is 0.0428. The molecule has 346 valence electrons. The number of hydrogen-bond donors (Lipinski definition) is 2. The Hall–Kier alpha value is -7.12. The highest BCUT2D eigenvalue weighted by Crippen LogP contribution is 2.39. The number of phenols is 2. The molecular weight excluding hydrogens is 864 g/mol. The van der Waals surface area contributed by atoms with Gasteiger partial charge in [0.05, 0.1) is 23.2 Å². The van der Waals surface area contributed by atoms with Gasteiger partial charge in [-0.2, -0.15) is 0 Å². The number of aromatic hydroxyl groups is 2. The monoisotopic (exact) mass is 918 g/mol.